The average Bonchev–Trinajstić information content (AvgIpc) is 2.87. The Morgan fingerprint density at radius 3 is 2.72 bits per heavy atom. The minimum absolute atomic E-state index is 0.222. The molecule has 1 aliphatic heterocycles. The SMILES string of the molecule is CCN1CCN(Cc2cc(C(=O)NN)no2)CC1. The molecule has 0 unspecified atom stereocenters. The molecule has 0 aliphatic carbocycles. The molecule has 7 nitrogen and oxygen atoms in total. The zero-order valence-corrected chi connectivity index (χ0v) is 10.6. The summed E-state index contributed by atoms with van der Waals surface area (Å²) in [5.41, 5.74) is 2.25. The first-order chi connectivity index (χ1) is 8.72. The van der Waals surface area contributed by atoms with E-state index < -0.39 is 5.91 Å². The molecule has 1 saturated heterocycles. The molecule has 0 radical (unpaired) electrons. The number of amides is 1. The normalized spacial score (nSPS) is 17.9. The first-order valence-electron chi connectivity index (χ1n) is 6.14. The van der Waals surface area contributed by atoms with E-state index >= 15 is 0 Å². The van der Waals surface area contributed by atoms with Gasteiger partial charge in [0.1, 0.15) is 0 Å². The molecule has 7 heteroatoms. The van der Waals surface area contributed by atoms with Crippen molar-refractivity contribution in [1.29, 1.82) is 0 Å². The van der Waals surface area contributed by atoms with Crippen molar-refractivity contribution in [1.82, 2.24) is 20.4 Å². The summed E-state index contributed by atoms with van der Waals surface area (Å²) in [4.78, 5) is 15.9. The van der Waals surface area contributed by atoms with Gasteiger partial charge in [0.05, 0.1) is 6.54 Å². The van der Waals surface area contributed by atoms with E-state index in [4.69, 9.17) is 10.4 Å². The van der Waals surface area contributed by atoms with Crippen LogP contribution in [0.3, 0.4) is 0 Å². The third-order valence-electron chi connectivity index (χ3n) is 3.21. The van der Waals surface area contributed by atoms with Crippen LogP contribution >= 0.6 is 0 Å². The Hall–Kier alpha value is -1.44. The van der Waals surface area contributed by atoms with Crippen molar-refractivity contribution in [2.75, 3.05) is 32.7 Å². The predicted molar refractivity (Wildman–Crippen MR) is 65.5 cm³/mol. The van der Waals surface area contributed by atoms with Crippen molar-refractivity contribution < 1.29 is 9.32 Å². The number of nitrogen functional groups attached to an aromatic ring is 1. The first-order valence-corrected chi connectivity index (χ1v) is 6.14. The van der Waals surface area contributed by atoms with Gasteiger partial charge in [0.2, 0.25) is 0 Å². The van der Waals surface area contributed by atoms with E-state index in [-0.39, 0.29) is 5.69 Å². The standard InChI is InChI=1S/C11H19N5O2/c1-2-15-3-5-16(6-4-15)8-9-7-10(14-18-9)11(17)13-12/h7H,2-6,8,12H2,1H3,(H,13,17). The predicted octanol–water partition coefficient (Wildman–Crippen LogP) is -0.584. The van der Waals surface area contributed by atoms with Crippen molar-refractivity contribution in [3.8, 4) is 0 Å². The van der Waals surface area contributed by atoms with Gasteiger partial charge in [-0.15, -0.1) is 0 Å². The molecule has 100 valence electrons. The van der Waals surface area contributed by atoms with Gasteiger partial charge in [-0.3, -0.25) is 15.1 Å². The Morgan fingerprint density at radius 1 is 1.44 bits per heavy atom. The third kappa shape index (κ3) is 3.06. The van der Waals surface area contributed by atoms with E-state index in [1.165, 1.54) is 0 Å². The Balaban J connectivity index is 1.86. The van der Waals surface area contributed by atoms with Gasteiger partial charge < -0.3 is 9.42 Å². The molecule has 0 spiro atoms. The molecule has 1 aliphatic rings. The van der Waals surface area contributed by atoms with Gasteiger partial charge in [-0.1, -0.05) is 12.1 Å². The number of aromatic nitrogens is 1. The Kier molecular flexibility index (Phi) is 4.29. The third-order valence-corrected chi connectivity index (χ3v) is 3.21. The number of nitrogens with one attached hydrogen (secondary N) is 1. The fraction of sp³-hybridized carbons (Fsp3) is 0.636. The molecule has 0 bridgehead atoms. The average molecular weight is 253 g/mol. The maximum Gasteiger partial charge on any atom is 0.287 e. The largest absolute Gasteiger partial charge is 0.359 e. The summed E-state index contributed by atoms with van der Waals surface area (Å²) >= 11 is 0. The van der Waals surface area contributed by atoms with Crippen LogP contribution in [-0.2, 0) is 6.54 Å². The lowest BCUT2D eigenvalue weighted by atomic mass is 10.3. The molecule has 0 atom stereocenters. The number of hydrogen-bond donors (Lipinski definition) is 2. The Bertz CT molecular complexity index is 398. The number of carbonyl (C=O) groups excluding carboxylic acids is 1. The van der Waals surface area contributed by atoms with Crippen LogP contribution < -0.4 is 11.3 Å². The van der Waals surface area contributed by atoms with Crippen LogP contribution in [-0.4, -0.2) is 53.6 Å². The van der Waals surface area contributed by atoms with Crippen molar-refractivity contribution >= 4 is 5.91 Å². The topological polar surface area (TPSA) is 87.6 Å². The lowest BCUT2D eigenvalue weighted by molar-refractivity contribution is 0.0944. The molecule has 1 amide bonds. The highest BCUT2D eigenvalue weighted by atomic mass is 16.5. The summed E-state index contributed by atoms with van der Waals surface area (Å²) in [6.45, 7) is 8.10. The highest BCUT2D eigenvalue weighted by molar-refractivity contribution is 5.91. The number of piperazine rings is 1. The van der Waals surface area contributed by atoms with Crippen LogP contribution in [0.1, 0.15) is 23.2 Å². The van der Waals surface area contributed by atoms with E-state index in [0.717, 1.165) is 32.7 Å². The Morgan fingerprint density at radius 2 is 2.11 bits per heavy atom. The van der Waals surface area contributed by atoms with Gasteiger partial charge >= 0.3 is 0 Å². The second-order valence-corrected chi connectivity index (χ2v) is 4.36. The second kappa shape index (κ2) is 5.94. The van der Waals surface area contributed by atoms with Crippen LogP contribution in [0.25, 0.3) is 0 Å². The number of hydrogen-bond acceptors (Lipinski definition) is 6. The molecule has 1 aromatic rings. The van der Waals surface area contributed by atoms with Crippen LogP contribution in [0, 0.1) is 0 Å². The highest BCUT2D eigenvalue weighted by Crippen LogP contribution is 2.09. The summed E-state index contributed by atoms with van der Waals surface area (Å²) in [6, 6.07) is 1.63. The highest BCUT2D eigenvalue weighted by Gasteiger charge is 2.18. The monoisotopic (exact) mass is 253 g/mol. The molecular formula is C11H19N5O2. The molecule has 3 N–H and O–H groups in total. The van der Waals surface area contributed by atoms with Crippen LogP contribution in [0.5, 0.6) is 0 Å². The molecule has 2 heterocycles. The molecule has 0 aromatic carbocycles. The number of nitrogens with zero attached hydrogens (tertiary/aromatic N) is 3. The molecule has 2 rings (SSSR count). The molecule has 1 fully saturated rings. The summed E-state index contributed by atoms with van der Waals surface area (Å²) in [5.74, 6) is 5.29. The van der Waals surface area contributed by atoms with Crippen LogP contribution in [0.15, 0.2) is 10.6 Å². The second-order valence-electron chi connectivity index (χ2n) is 4.36. The van der Waals surface area contributed by atoms with E-state index in [1.807, 2.05) is 5.43 Å². The van der Waals surface area contributed by atoms with Gasteiger partial charge in [-0.25, -0.2) is 5.84 Å². The van der Waals surface area contributed by atoms with Gasteiger partial charge in [-0.2, -0.15) is 0 Å². The lowest BCUT2D eigenvalue weighted by Crippen LogP contribution is -2.45. The van der Waals surface area contributed by atoms with Gasteiger partial charge in [0.25, 0.3) is 5.91 Å². The summed E-state index contributed by atoms with van der Waals surface area (Å²) in [5, 5.41) is 3.68. The summed E-state index contributed by atoms with van der Waals surface area (Å²) in [6.07, 6.45) is 0. The molecule has 1 aromatic heterocycles. The van der Waals surface area contributed by atoms with Crippen molar-refractivity contribution in [3.63, 3.8) is 0 Å². The van der Waals surface area contributed by atoms with E-state index in [0.29, 0.717) is 12.3 Å². The van der Waals surface area contributed by atoms with Crippen LogP contribution in [0.2, 0.25) is 0 Å². The Labute approximate surface area is 106 Å². The van der Waals surface area contributed by atoms with E-state index in [9.17, 15) is 4.79 Å². The molecule has 0 saturated carbocycles. The van der Waals surface area contributed by atoms with Crippen LogP contribution in [0.4, 0.5) is 0 Å². The fourth-order valence-electron chi connectivity index (χ4n) is 2.05. The molecular weight excluding hydrogens is 234 g/mol. The first kappa shape index (κ1) is 13.0. The van der Waals surface area contributed by atoms with Crippen molar-refractivity contribution in [3.05, 3.63) is 17.5 Å². The zero-order chi connectivity index (χ0) is 13.0. The lowest BCUT2D eigenvalue weighted by Gasteiger charge is -2.33. The fourth-order valence-corrected chi connectivity index (χ4v) is 2.05. The number of hydrazine groups is 1. The maximum absolute atomic E-state index is 11.2. The molecule has 18 heavy (non-hydrogen) atoms. The summed E-state index contributed by atoms with van der Waals surface area (Å²) in [7, 11) is 0. The van der Waals surface area contributed by atoms with Gasteiger partial charge in [0.15, 0.2) is 11.5 Å². The van der Waals surface area contributed by atoms with E-state index in [2.05, 4.69) is 21.9 Å². The smallest absolute Gasteiger partial charge is 0.287 e. The number of likely N-dealkylation sites (N-methyl/N-ethyl adjacent to an activating group) is 1. The minimum atomic E-state index is -0.430. The minimum Gasteiger partial charge on any atom is -0.359 e. The zero-order valence-electron chi connectivity index (χ0n) is 10.6. The van der Waals surface area contributed by atoms with E-state index in [1.54, 1.807) is 6.07 Å². The maximum atomic E-state index is 11.2. The van der Waals surface area contributed by atoms with Crippen molar-refractivity contribution in [2.45, 2.75) is 13.5 Å². The van der Waals surface area contributed by atoms with Gasteiger partial charge in [0, 0.05) is 32.2 Å². The van der Waals surface area contributed by atoms with Gasteiger partial charge in [-0.05, 0) is 6.54 Å². The van der Waals surface area contributed by atoms with Crippen molar-refractivity contribution in [2.24, 2.45) is 5.84 Å². The summed E-state index contributed by atoms with van der Waals surface area (Å²) < 4.78 is 5.12. The quantitative estimate of drug-likeness (QED) is 0.424. The number of rotatable bonds is 4. The number of nitrogens with two attached hydrogens (primary N) is 1. The number of carbonyl (C=O) groups is 1.